The average Bonchev–Trinajstić information content (AvgIpc) is 2.84. The van der Waals surface area contributed by atoms with Crippen LogP contribution < -0.4 is 10.0 Å². The standard InChI is InChI=1S/C12H23N3O3S/c1-3-11-9-14-12(18-11)10-15-19(16,17)8-6-5-7-13-4-2/h9,13,15H,3-8,10H2,1-2H3. The first-order valence-corrected chi connectivity index (χ1v) is 8.34. The van der Waals surface area contributed by atoms with Crippen LogP contribution in [-0.4, -0.2) is 32.2 Å². The fourth-order valence-electron chi connectivity index (χ4n) is 1.56. The Hall–Kier alpha value is -0.920. The number of hydrogen-bond donors (Lipinski definition) is 2. The van der Waals surface area contributed by atoms with Gasteiger partial charge in [0.2, 0.25) is 15.9 Å². The molecule has 0 atom stereocenters. The minimum Gasteiger partial charge on any atom is -0.444 e. The second-order valence-electron chi connectivity index (χ2n) is 4.27. The lowest BCUT2D eigenvalue weighted by atomic mass is 10.3. The molecule has 0 aromatic carbocycles. The van der Waals surface area contributed by atoms with Crippen molar-refractivity contribution in [1.29, 1.82) is 0 Å². The lowest BCUT2D eigenvalue weighted by Gasteiger charge is -2.05. The van der Waals surface area contributed by atoms with Gasteiger partial charge in [0, 0.05) is 6.42 Å². The first kappa shape index (κ1) is 16.1. The van der Waals surface area contributed by atoms with Crippen LogP contribution in [0.3, 0.4) is 0 Å². The molecular weight excluding hydrogens is 266 g/mol. The molecule has 0 fully saturated rings. The normalized spacial score (nSPS) is 11.9. The van der Waals surface area contributed by atoms with Gasteiger partial charge < -0.3 is 9.73 Å². The molecule has 0 radical (unpaired) electrons. The van der Waals surface area contributed by atoms with E-state index in [2.05, 4.69) is 15.0 Å². The van der Waals surface area contributed by atoms with Crippen molar-refractivity contribution >= 4 is 10.0 Å². The van der Waals surface area contributed by atoms with Crippen molar-refractivity contribution in [1.82, 2.24) is 15.0 Å². The summed E-state index contributed by atoms with van der Waals surface area (Å²) in [6.45, 7) is 5.87. The molecule has 1 rings (SSSR count). The summed E-state index contributed by atoms with van der Waals surface area (Å²) >= 11 is 0. The molecule has 0 bridgehead atoms. The first-order chi connectivity index (χ1) is 9.07. The Morgan fingerprint density at radius 2 is 2.11 bits per heavy atom. The van der Waals surface area contributed by atoms with E-state index < -0.39 is 10.0 Å². The SMILES string of the molecule is CCNCCCCS(=O)(=O)NCc1ncc(CC)o1. The third-order valence-electron chi connectivity index (χ3n) is 2.66. The number of hydrogen-bond acceptors (Lipinski definition) is 5. The minimum absolute atomic E-state index is 0.121. The van der Waals surface area contributed by atoms with Gasteiger partial charge in [-0.2, -0.15) is 0 Å². The zero-order valence-electron chi connectivity index (χ0n) is 11.6. The monoisotopic (exact) mass is 289 g/mol. The highest BCUT2D eigenvalue weighted by Crippen LogP contribution is 2.04. The third-order valence-corrected chi connectivity index (χ3v) is 4.07. The van der Waals surface area contributed by atoms with Gasteiger partial charge in [-0.15, -0.1) is 0 Å². The van der Waals surface area contributed by atoms with E-state index in [0.717, 1.165) is 31.7 Å². The van der Waals surface area contributed by atoms with Gasteiger partial charge in [-0.1, -0.05) is 13.8 Å². The van der Waals surface area contributed by atoms with Crippen LogP contribution >= 0.6 is 0 Å². The van der Waals surface area contributed by atoms with Gasteiger partial charge in [0.1, 0.15) is 5.76 Å². The summed E-state index contributed by atoms with van der Waals surface area (Å²) in [5, 5.41) is 3.16. The van der Waals surface area contributed by atoms with Crippen LogP contribution in [0.1, 0.15) is 38.3 Å². The summed E-state index contributed by atoms with van der Waals surface area (Å²) in [6.07, 6.45) is 3.88. The van der Waals surface area contributed by atoms with Crippen molar-refractivity contribution in [2.75, 3.05) is 18.8 Å². The van der Waals surface area contributed by atoms with E-state index in [1.165, 1.54) is 0 Å². The van der Waals surface area contributed by atoms with Gasteiger partial charge in [-0.05, 0) is 25.9 Å². The van der Waals surface area contributed by atoms with E-state index >= 15 is 0 Å². The lowest BCUT2D eigenvalue weighted by Crippen LogP contribution is -2.26. The largest absolute Gasteiger partial charge is 0.444 e. The number of rotatable bonds is 10. The van der Waals surface area contributed by atoms with Crippen LogP contribution in [0.5, 0.6) is 0 Å². The number of aryl methyl sites for hydroxylation is 1. The van der Waals surface area contributed by atoms with Crippen LogP contribution in [-0.2, 0) is 23.0 Å². The molecule has 0 unspecified atom stereocenters. The maximum atomic E-state index is 11.7. The van der Waals surface area contributed by atoms with Crippen LogP contribution in [0, 0.1) is 0 Å². The quantitative estimate of drug-likeness (QED) is 0.629. The second kappa shape index (κ2) is 8.29. The number of oxazole rings is 1. The molecule has 110 valence electrons. The van der Waals surface area contributed by atoms with Crippen LogP contribution in [0.2, 0.25) is 0 Å². The summed E-state index contributed by atoms with van der Waals surface area (Å²) in [5.74, 6) is 1.31. The molecule has 1 aromatic heterocycles. The molecule has 0 saturated carbocycles. The Morgan fingerprint density at radius 1 is 1.32 bits per heavy atom. The highest BCUT2D eigenvalue weighted by molar-refractivity contribution is 7.89. The zero-order valence-corrected chi connectivity index (χ0v) is 12.4. The average molecular weight is 289 g/mol. The van der Waals surface area contributed by atoms with Crippen molar-refractivity contribution in [2.24, 2.45) is 0 Å². The molecule has 0 aliphatic rings. The molecule has 6 nitrogen and oxygen atoms in total. The topological polar surface area (TPSA) is 84.2 Å². The van der Waals surface area contributed by atoms with Crippen LogP contribution in [0.4, 0.5) is 0 Å². The Bertz CT molecular complexity index is 457. The van der Waals surface area contributed by atoms with Crippen molar-refractivity contribution in [3.05, 3.63) is 17.8 Å². The molecule has 0 aliphatic carbocycles. The second-order valence-corrected chi connectivity index (χ2v) is 6.20. The van der Waals surface area contributed by atoms with Crippen molar-refractivity contribution < 1.29 is 12.8 Å². The van der Waals surface area contributed by atoms with Crippen molar-refractivity contribution in [3.63, 3.8) is 0 Å². The fraction of sp³-hybridized carbons (Fsp3) is 0.750. The molecular formula is C12H23N3O3S. The van der Waals surface area contributed by atoms with E-state index in [1.807, 2.05) is 13.8 Å². The summed E-state index contributed by atoms with van der Waals surface area (Å²) < 4.78 is 31.3. The Balaban J connectivity index is 2.26. The molecule has 0 amide bonds. The van der Waals surface area contributed by atoms with Crippen LogP contribution in [0.25, 0.3) is 0 Å². The predicted octanol–water partition coefficient (Wildman–Crippen LogP) is 1.05. The molecule has 0 spiro atoms. The zero-order chi connectivity index (χ0) is 14.1. The Morgan fingerprint density at radius 3 is 2.74 bits per heavy atom. The minimum atomic E-state index is -3.24. The highest BCUT2D eigenvalue weighted by atomic mass is 32.2. The van der Waals surface area contributed by atoms with Crippen molar-refractivity contribution in [2.45, 2.75) is 39.7 Å². The first-order valence-electron chi connectivity index (χ1n) is 6.69. The number of aromatic nitrogens is 1. The maximum Gasteiger partial charge on any atom is 0.212 e. The van der Waals surface area contributed by atoms with Crippen molar-refractivity contribution in [3.8, 4) is 0 Å². The number of nitrogens with one attached hydrogen (secondary N) is 2. The Kier molecular flexibility index (Phi) is 7.04. The maximum absolute atomic E-state index is 11.7. The molecule has 19 heavy (non-hydrogen) atoms. The number of unbranched alkanes of at least 4 members (excludes halogenated alkanes) is 1. The van der Waals surface area contributed by atoms with E-state index in [9.17, 15) is 8.42 Å². The molecule has 7 heteroatoms. The Labute approximate surface area is 115 Å². The molecule has 0 saturated heterocycles. The molecule has 1 aromatic rings. The predicted molar refractivity (Wildman–Crippen MR) is 74.3 cm³/mol. The van der Waals surface area contributed by atoms with Gasteiger partial charge in [-0.25, -0.2) is 18.1 Å². The van der Waals surface area contributed by atoms with Gasteiger partial charge >= 0.3 is 0 Å². The van der Waals surface area contributed by atoms with E-state index in [1.54, 1.807) is 6.20 Å². The van der Waals surface area contributed by atoms with Crippen LogP contribution in [0.15, 0.2) is 10.6 Å². The van der Waals surface area contributed by atoms with Gasteiger partial charge in [0.15, 0.2) is 0 Å². The third kappa shape index (κ3) is 6.70. The van der Waals surface area contributed by atoms with E-state index in [0.29, 0.717) is 12.3 Å². The summed E-state index contributed by atoms with van der Waals surface area (Å²) in [5.41, 5.74) is 0. The highest BCUT2D eigenvalue weighted by Gasteiger charge is 2.11. The lowest BCUT2D eigenvalue weighted by molar-refractivity contribution is 0.452. The number of sulfonamides is 1. The molecule has 0 aliphatic heterocycles. The smallest absolute Gasteiger partial charge is 0.212 e. The van der Waals surface area contributed by atoms with E-state index in [4.69, 9.17) is 4.42 Å². The van der Waals surface area contributed by atoms with Gasteiger partial charge in [0.25, 0.3) is 0 Å². The fourth-order valence-corrected chi connectivity index (χ4v) is 2.63. The van der Waals surface area contributed by atoms with Gasteiger partial charge in [0.05, 0.1) is 18.5 Å². The molecule has 2 N–H and O–H groups in total. The summed E-state index contributed by atoms with van der Waals surface area (Å²) in [4.78, 5) is 4.01. The van der Waals surface area contributed by atoms with Gasteiger partial charge in [-0.3, -0.25) is 0 Å². The molecule has 1 heterocycles. The summed E-state index contributed by atoms with van der Waals surface area (Å²) in [6, 6.07) is 0. The van der Waals surface area contributed by atoms with E-state index in [-0.39, 0.29) is 12.3 Å². The summed E-state index contributed by atoms with van der Waals surface area (Å²) in [7, 11) is -3.24. The number of nitrogens with zero attached hydrogens (tertiary/aromatic N) is 1.